The number of hydrogen-bond donors (Lipinski definition) is 0. The van der Waals surface area contributed by atoms with Crippen molar-refractivity contribution in [2.45, 2.75) is 63.8 Å². The lowest BCUT2D eigenvalue weighted by molar-refractivity contribution is -0.133. The summed E-state index contributed by atoms with van der Waals surface area (Å²) in [5.74, 6) is 0.496. The highest BCUT2D eigenvalue weighted by molar-refractivity contribution is 5.88. The molecule has 0 N–H and O–H groups in total. The fourth-order valence-electron chi connectivity index (χ4n) is 3.06. The van der Waals surface area contributed by atoms with Crippen molar-refractivity contribution in [2.24, 2.45) is 0 Å². The van der Waals surface area contributed by atoms with Gasteiger partial charge < -0.3 is 0 Å². The van der Waals surface area contributed by atoms with Crippen LogP contribution in [0.4, 0.5) is 0 Å². The average molecular weight is 209 g/mol. The molecule has 0 bridgehead atoms. The van der Waals surface area contributed by atoms with Gasteiger partial charge in [-0.3, -0.25) is 9.69 Å². The van der Waals surface area contributed by atoms with E-state index in [1.54, 1.807) is 0 Å². The summed E-state index contributed by atoms with van der Waals surface area (Å²) in [6, 6.07) is 0. The first kappa shape index (κ1) is 11.1. The monoisotopic (exact) mass is 209 g/mol. The Kier molecular flexibility index (Phi) is 3.45. The van der Waals surface area contributed by atoms with Gasteiger partial charge in [0.2, 0.25) is 0 Å². The highest BCUT2D eigenvalue weighted by Crippen LogP contribution is 2.32. The van der Waals surface area contributed by atoms with Crippen molar-refractivity contribution < 1.29 is 4.79 Å². The molecule has 1 saturated carbocycles. The zero-order valence-corrected chi connectivity index (χ0v) is 9.93. The van der Waals surface area contributed by atoms with Crippen LogP contribution < -0.4 is 0 Å². The minimum absolute atomic E-state index is 0.109. The molecule has 1 aliphatic carbocycles. The van der Waals surface area contributed by atoms with Crippen molar-refractivity contribution in [3.8, 4) is 0 Å². The Hall–Kier alpha value is -0.370. The van der Waals surface area contributed by atoms with Gasteiger partial charge in [0.05, 0.1) is 5.54 Å². The number of nitrogens with zero attached hydrogens (tertiary/aromatic N) is 1. The Morgan fingerprint density at radius 3 is 2.27 bits per heavy atom. The summed E-state index contributed by atoms with van der Waals surface area (Å²) in [6.07, 6.45) is 9.51. The maximum Gasteiger partial charge on any atom is 0.152 e. The van der Waals surface area contributed by atoms with Crippen molar-refractivity contribution in [1.29, 1.82) is 0 Å². The van der Waals surface area contributed by atoms with Gasteiger partial charge in [-0.05, 0) is 45.7 Å². The van der Waals surface area contributed by atoms with Crippen molar-refractivity contribution in [1.82, 2.24) is 4.90 Å². The maximum absolute atomic E-state index is 12.1. The zero-order valence-electron chi connectivity index (χ0n) is 9.93. The minimum atomic E-state index is -0.109. The Bertz CT molecular complexity index is 231. The summed E-state index contributed by atoms with van der Waals surface area (Å²) in [5, 5.41) is 0. The third-order valence-electron chi connectivity index (χ3n) is 4.22. The highest BCUT2D eigenvalue weighted by atomic mass is 16.1. The van der Waals surface area contributed by atoms with Crippen LogP contribution in [-0.4, -0.2) is 29.3 Å². The standard InChI is InChI=1S/C13H23NO/c1-13(9-5-4-8-12(13)15)14-10-6-2-3-7-11-14/h2-11H2,1H3/t13-/m0/s1. The van der Waals surface area contributed by atoms with Gasteiger partial charge in [0.1, 0.15) is 0 Å². The number of rotatable bonds is 1. The van der Waals surface area contributed by atoms with Crippen LogP contribution in [0.5, 0.6) is 0 Å². The maximum atomic E-state index is 12.1. The second-order valence-corrected chi connectivity index (χ2v) is 5.31. The largest absolute Gasteiger partial charge is 0.298 e. The number of carbonyl (C=O) groups excluding carboxylic acids is 1. The molecule has 2 nitrogen and oxygen atoms in total. The summed E-state index contributed by atoms with van der Waals surface area (Å²) in [6.45, 7) is 4.46. The number of hydrogen-bond acceptors (Lipinski definition) is 2. The molecule has 0 amide bonds. The van der Waals surface area contributed by atoms with Crippen LogP contribution in [0.25, 0.3) is 0 Å². The van der Waals surface area contributed by atoms with Gasteiger partial charge in [-0.25, -0.2) is 0 Å². The normalized spacial score (nSPS) is 35.1. The molecule has 2 fully saturated rings. The topological polar surface area (TPSA) is 20.3 Å². The fraction of sp³-hybridized carbons (Fsp3) is 0.923. The summed E-state index contributed by atoms with van der Waals surface area (Å²) in [5.41, 5.74) is -0.109. The molecule has 0 aromatic heterocycles. The van der Waals surface area contributed by atoms with E-state index in [9.17, 15) is 4.79 Å². The van der Waals surface area contributed by atoms with Gasteiger partial charge in [-0.1, -0.05) is 19.3 Å². The molecule has 0 aromatic rings. The number of Topliss-reactive ketones (excluding diaryl/α,β-unsaturated/α-hetero) is 1. The van der Waals surface area contributed by atoms with E-state index in [2.05, 4.69) is 11.8 Å². The first-order chi connectivity index (χ1) is 7.23. The summed E-state index contributed by atoms with van der Waals surface area (Å²) in [7, 11) is 0. The van der Waals surface area contributed by atoms with E-state index >= 15 is 0 Å². The molecule has 86 valence electrons. The quantitative estimate of drug-likeness (QED) is 0.662. The molecule has 0 unspecified atom stereocenters. The minimum Gasteiger partial charge on any atom is -0.298 e. The number of carbonyl (C=O) groups is 1. The Balaban J connectivity index is 2.07. The van der Waals surface area contributed by atoms with Crippen LogP contribution in [0.15, 0.2) is 0 Å². The van der Waals surface area contributed by atoms with Crippen LogP contribution in [0.1, 0.15) is 58.3 Å². The van der Waals surface area contributed by atoms with Gasteiger partial charge in [0.15, 0.2) is 5.78 Å². The molecular weight excluding hydrogens is 186 g/mol. The molecule has 1 saturated heterocycles. The van der Waals surface area contributed by atoms with Gasteiger partial charge in [-0.2, -0.15) is 0 Å². The van der Waals surface area contributed by atoms with Crippen molar-refractivity contribution >= 4 is 5.78 Å². The molecule has 2 aliphatic rings. The van der Waals surface area contributed by atoms with Gasteiger partial charge in [0.25, 0.3) is 0 Å². The number of ketones is 1. The smallest absolute Gasteiger partial charge is 0.152 e. The molecule has 15 heavy (non-hydrogen) atoms. The van der Waals surface area contributed by atoms with Crippen LogP contribution >= 0.6 is 0 Å². The third kappa shape index (κ3) is 2.25. The summed E-state index contributed by atoms with van der Waals surface area (Å²) < 4.78 is 0. The highest BCUT2D eigenvalue weighted by Gasteiger charge is 2.40. The molecule has 0 spiro atoms. The Morgan fingerprint density at radius 2 is 1.67 bits per heavy atom. The van der Waals surface area contributed by atoms with Crippen molar-refractivity contribution in [2.75, 3.05) is 13.1 Å². The zero-order chi connectivity index (χ0) is 10.7. The first-order valence-corrected chi connectivity index (χ1v) is 6.52. The molecule has 2 heteroatoms. The third-order valence-corrected chi connectivity index (χ3v) is 4.22. The van der Waals surface area contributed by atoms with Crippen molar-refractivity contribution in [3.63, 3.8) is 0 Å². The van der Waals surface area contributed by atoms with E-state index in [1.165, 1.54) is 32.1 Å². The summed E-state index contributed by atoms with van der Waals surface area (Å²) in [4.78, 5) is 14.6. The molecule has 0 aromatic carbocycles. The van der Waals surface area contributed by atoms with Gasteiger partial charge >= 0.3 is 0 Å². The lowest BCUT2D eigenvalue weighted by Gasteiger charge is -2.42. The Labute approximate surface area is 93.0 Å². The van der Waals surface area contributed by atoms with Gasteiger partial charge in [0, 0.05) is 6.42 Å². The molecule has 1 heterocycles. The van der Waals surface area contributed by atoms with E-state index in [1.807, 2.05) is 0 Å². The van der Waals surface area contributed by atoms with E-state index in [0.29, 0.717) is 5.78 Å². The molecule has 2 rings (SSSR count). The lowest BCUT2D eigenvalue weighted by Crippen LogP contribution is -2.54. The SMILES string of the molecule is C[C@]1(N2CCCCCC2)CCCCC1=O. The first-order valence-electron chi connectivity index (χ1n) is 6.52. The second-order valence-electron chi connectivity index (χ2n) is 5.31. The molecule has 0 radical (unpaired) electrons. The van der Waals surface area contributed by atoms with Crippen LogP contribution in [0.3, 0.4) is 0 Å². The summed E-state index contributed by atoms with van der Waals surface area (Å²) >= 11 is 0. The van der Waals surface area contributed by atoms with Crippen molar-refractivity contribution in [3.05, 3.63) is 0 Å². The van der Waals surface area contributed by atoms with Crippen LogP contribution in [0, 0.1) is 0 Å². The average Bonchev–Trinajstić information content (AvgIpc) is 2.51. The predicted octanol–water partition coefficient (Wildman–Crippen LogP) is 2.76. The number of likely N-dealkylation sites (tertiary alicyclic amines) is 1. The van der Waals surface area contributed by atoms with E-state index in [4.69, 9.17) is 0 Å². The van der Waals surface area contributed by atoms with E-state index < -0.39 is 0 Å². The molecular formula is C13H23NO. The lowest BCUT2D eigenvalue weighted by atomic mass is 9.80. The molecule has 1 atom stereocenters. The van der Waals surface area contributed by atoms with E-state index in [-0.39, 0.29) is 5.54 Å². The molecule has 1 aliphatic heterocycles. The van der Waals surface area contributed by atoms with Crippen LogP contribution in [-0.2, 0) is 4.79 Å². The van der Waals surface area contributed by atoms with E-state index in [0.717, 1.165) is 32.4 Å². The second kappa shape index (κ2) is 4.65. The fourth-order valence-corrected chi connectivity index (χ4v) is 3.06. The van der Waals surface area contributed by atoms with Gasteiger partial charge in [-0.15, -0.1) is 0 Å². The predicted molar refractivity (Wildman–Crippen MR) is 61.9 cm³/mol. The van der Waals surface area contributed by atoms with Crippen LogP contribution in [0.2, 0.25) is 0 Å². The Morgan fingerprint density at radius 1 is 1.00 bits per heavy atom.